The molecule has 0 spiro atoms. The van der Waals surface area contributed by atoms with Crippen LogP contribution in [0.5, 0.6) is 0 Å². The summed E-state index contributed by atoms with van der Waals surface area (Å²) in [5.41, 5.74) is 2.92. The first-order chi connectivity index (χ1) is 23.0. The van der Waals surface area contributed by atoms with E-state index in [1.54, 1.807) is 23.5 Å². The van der Waals surface area contributed by atoms with E-state index < -0.39 is 0 Å². The van der Waals surface area contributed by atoms with Crippen molar-refractivity contribution in [2.75, 3.05) is 0 Å². The highest BCUT2D eigenvalue weighted by molar-refractivity contribution is 8.23. The standard InChI is InChI=1S/C41H62N2S4/c1-3-5-7-9-11-17-34-19-13-15-21-38(34)46-40(44)42-36-27-23-32(24-28-36)31-33-25-29-37(30-26-33)43-41(45)47-39-22-16-14-20-35(39)18-12-10-8-6-4-2/h13-16,19-22,32-33,36-37H,3-12,17-18,23-31H2,1-2H3,(H,42,44)(H,43,45). The minimum absolute atomic E-state index is 0.539. The van der Waals surface area contributed by atoms with E-state index in [0.29, 0.717) is 12.1 Å². The van der Waals surface area contributed by atoms with Crippen molar-refractivity contribution in [3.8, 4) is 0 Å². The highest BCUT2D eigenvalue weighted by Gasteiger charge is 2.28. The number of benzene rings is 2. The zero-order valence-electron chi connectivity index (χ0n) is 29.4. The number of nitrogens with one attached hydrogen (secondary N) is 2. The van der Waals surface area contributed by atoms with Crippen LogP contribution in [0.25, 0.3) is 0 Å². The Kier molecular flexibility index (Phi) is 18.6. The van der Waals surface area contributed by atoms with Crippen LogP contribution in [0.15, 0.2) is 58.3 Å². The van der Waals surface area contributed by atoms with Crippen LogP contribution < -0.4 is 10.6 Å². The molecule has 2 nitrogen and oxygen atoms in total. The lowest BCUT2D eigenvalue weighted by molar-refractivity contribution is 0.218. The molecule has 260 valence electrons. The van der Waals surface area contributed by atoms with Crippen molar-refractivity contribution in [1.29, 1.82) is 0 Å². The number of rotatable bonds is 18. The second kappa shape index (κ2) is 22.6. The molecule has 0 aliphatic heterocycles. The van der Waals surface area contributed by atoms with Gasteiger partial charge >= 0.3 is 0 Å². The zero-order chi connectivity index (χ0) is 33.1. The van der Waals surface area contributed by atoms with E-state index >= 15 is 0 Å². The van der Waals surface area contributed by atoms with Crippen molar-refractivity contribution in [1.82, 2.24) is 10.6 Å². The van der Waals surface area contributed by atoms with Gasteiger partial charge in [-0.25, -0.2) is 0 Å². The molecular weight excluding hydrogens is 649 g/mol. The van der Waals surface area contributed by atoms with Crippen molar-refractivity contribution in [2.24, 2.45) is 11.8 Å². The summed E-state index contributed by atoms with van der Waals surface area (Å²) in [5.74, 6) is 1.76. The van der Waals surface area contributed by atoms with E-state index in [2.05, 4.69) is 73.0 Å². The molecule has 6 heteroatoms. The van der Waals surface area contributed by atoms with Crippen LogP contribution in [-0.4, -0.2) is 20.7 Å². The monoisotopic (exact) mass is 710 g/mol. The third-order valence-electron chi connectivity index (χ3n) is 10.5. The number of hydrogen-bond donors (Lipinski definition) is 2. The summed E-state index contributed by atoms with van der Waals surface area (Å²) in [6.07, 6.45) is 27.4. The van der Waals surface area contributed by atoms with Crippen LogP contribution in [0.3, 0.4) is 0 Å². The Morgan fingerprint density at radius 1 is 0.553 bits per heavy atom. The molecule has 0 amide bonds. The Balaban J connectivity index is 1.10. The van der Waals surface area contributed by atoms with Crippen molar-refractivity contribution in [2.45, 2.75) is 171 Å². The van der Waals surface area contributed by atoms with Gasteiger partial charge in [-0.2, -0.15) is 0 Å². The molecule has 47 heavy (non-hydrogen) atoms. The third-order valence-corrected chi connectivity index (χ3v) is 13.0. The molecule has 0 saturated heterocycles. The second-order valence-corrected chi connectivity index (χ2v) is 17.7. The van der Waals surface area contributed by atoms with E-state index in [0.717, 1.165) is 33.3 Å². The molecule has 0 atom stereocenters. The van der Waals surface area contributed by atoms with Crippen LogP contribution in [0.4, 0.5) is 0 Å². The molecule has 2 saturated carbocycles. The zero-order valence-corrected chi connectivity index (χ0v) is 32.7. The maximum Gasteiger partial charge on any atom is 0.138 e. The summed E-state index contributed by atoms with van der Waals surface area (Å²) in [6, 6.07) is 18.8. The molecule has 0 unspecified atom stereocenters. The van der Waals surface area contributed by atoms with Gasteiger partial charge in [0.05, 0.1) is 0 Å². The van der Waals surface area contributed by atoms with Crippen molar-refractivity contribution in [3.63, 3.8) is 0 Å². The molecule has 2 aromatic carbocycles. The van der Waals surface area contributed by atoms with Gasteiger partial charge in [-0.3, -0.25) is 0 Å². The smallest absolute Gasteiger partial charge is 0.138 e. The van der Waals surface area contributed by atoms with Gasteiger partial charge in [0.1, 0.15) is 8.64 Å². The number of hydrogen-bond acceptors (Lipinski definition) is 4. The highest BCUT2D eigenvalue weighted by atomic mass is 32.2. The van der Waals surface area contributed by atoms with Gasteiger partial charge in [0, 0.05) is 21.9 Å². The Morgan fingerprint density at radius 2 is 0.936 bits per heavy atom. The lowest BCUT2D eigenvalue weighted by Crippen LogP contribution is -2.37. The number of thiocarbonyl (C=S) groups is 2. The molecule has 2 aromatic rings. The van der Waals surface area contributed by atoms with E-state index in [1.165, 1.54) is 143 Å². The molecule has 4 rings (SSSR count). The first-order valence-electron chi connectivity index (χ1n) is 19.2. The maximum atomic E-state index is 5.85. The van der Waals surface area contributed by atoms with E-state index in [4.69, 9.17) is 24.4 Å². The summed E-state index contributed by atoms with van der Waals surface area (Å²) in [6.45, 7) is 4.57. The molecule has 2 fully saturated rings. The normalized spacial score (nSPS) is 21.3. The van der Waals surface area contributed by atoms with E-state index in [-0.39, 0.29) is 0 Å². The molecule has 0 bridgehead atoms. The summed E-state index contributed by atoms with van der Waals surface area (Å²) in [5, 5.41) is 7.47. The summed E-state index contributed by atoms with van der Waals surface area (Å²) in [7, 11) is 0. The average Bonchev–Trinajstić information content (AvgIpc) is 3.08. The van der Waals surface area contributed by atoms with Gasteiger partial charge in [0.25, 0.3) is 0 Å². The average molecular weight is 711 g/mol. The van der Waals surface area contributed by atoms with Crippen LogP contribution >= 0.6 is 48.0 Å². The fourth-order valence-corrected chi connectivity index (χ4v) is 10.2. The maximum absolute atomic E-state index is 5.85. The summed E-state index contributed by atoms with van der Waals surface area (Å²) in [4.78, 5) is 2.69. The number of aryl methyl sites for hydroxylation is 2. The van der Waals surface area contributed by atoms with E-state index in [9.17, 15) is 0 Å². The fourth-order valence-electron chi connectivity index (χ4n) is 7.61. The fraction of sp³-hybridized carbons (Fsp3) is 0.659. The molecule has 0 radical (unpaired) electrons. The topological polar surface area (TPSA) is 24.1 Å². The Morgan fingerprint density at radius 3 is 1.34 bits per heavy atom. The molecule has 2 aliphatic rings. The van der Waals surface area contributed by atoms with Crippen molar-refractivity contribution in [3.05, 3.63) is 59.7 Å². The molecule has 0 heterocycles. The minimum Gasteiger partial charge on any atom is -0.368 e. The lowest BCUT2D eigenvalue weighted by Gasteiger charge is -2.35. The predicted molar refractivity (Wildman–Crippen MR) is 217 cm³/mol. The van der Waals surface area contributed by atoms with Gasteiger partial charge in [-0.15, -0.1) is 0 Å². The van der Waals surface area contributed by atoms with Gasteiger partial charge < -0.3 is 10.6 Å². The summed E-state index contributed by atoms with van der Waals surface area (Å²) < 4.78 is 1.92. The Hall–Kier alpha value is -1.08. The predicted octanol–water partition coefficient (Wildman–Crippen LogP) is 12.9. The van der Waals surface area contributed by atoms with Gasteiger partial charge in [-0.05, 0) is 119 Å². The first-order valence-corrected chi connectivity index (χ1v) is 21.6. The first kappa shape index (κ1) is 38.7. The van der Waals surface area contributed by atoms with Crippen molar-refractivity contribution < 1.29 is 0 Å². The Labute approximate surface area is 307 Å². The van der Waals surface area contributed by atoms with Crippen LogP contribution in [0, 0.1) is 11.8 Å². The minimum atomic E-state index is 0.539. The van der Waals surface area contributed by atoms with Gasteiger partial charge in [0.2, 0.25) is 0 Å². The van der Waals surface area contributed by atoms with Gasteiger partial charge in [-0.1, -0.05) is 150 Å². The second-order valence-electron chi connectivity index (χ2n) is 14.3. The molecule has 0 aromatic heterocycles. The van der Waals surface area contributed by atoms with Crippen LogP contribution in [0.2, 0.25) is 0 Å². The van der Waals surface area contributed by atoms with Crippen molar-refractivity contribution >= 4 is 56.6 Å². The van der Waals surface area contributed by atoms with Crippen LogP contribution in [-0.2, 0) is 12.8 Å². The number of thioether (sulfide) groups is 2. The van der Waals surface area contributed by atoms with E-state index in [1.807, 2.05) is 0 Å². The highest BCUT2D eigenvalue weighted by Crippen LogP contribution is 2.36. The quantitative estimate of drug-likeness (QED) is 0.0907. The lowest BCUT2D eigenvalue weighted by atomic mass is 9.76. The summed E-state index contributed by atoms with van der Waals surface area (Å²) >= 11 is 15.3. The molecule has 2 aliphatic carbocycles. The number of unbranched alkanes of at least 4 members (excludes halogenated alkanes) is 8. The third kappa shape index (κ3) is 14.7. The molecule has 2 N–H and O–H groups in total. The largest absolute Gasteiger partial charge is 0.368 e. The van der Waals surface area contributed by atoms with Gasteiger partial charge in [0.15, 0.2) is 0 Å². The van der Waals surface area contributed by atoms with Crippen LogP contribution in [0.1, 0.15) is 147 Å². The Bertz CT molecular complexity index is 1090. The SMILES string of the molecule is CCCCCCCc1ccccc1SC(=S)NC1CCC(CC2CCC(NC(=S)Sc3ccccc3CCCCCCC)CC2)CC1. The molecular formula is C41H62N2S4.